The quantitative estimate of drug-likeness (QED) is 0.738. The van der Waals surface area contributed by atoms with E-state index in [0.29, 0.717) is 23.8 Å². The molecule has 3 rings (SSSR count). The number of halogens is 1. The fourth-order valence-corrected chi connectivity index (χ4v) is 2.29. The molecule has 0 atom stereocenters. The molecular formula is C12H9ClN2O3. The molecule has 1 aromatic heterocycles. The molecule has 0 bridgehead atoms. The number of benzene rings is 1. The summed E-state index contributed by atoms with van der Waals surface area (Å²) in [5.41, 5.74) is 2.63. The van der Waals surface area contributed by atoms with Crippen LogP contribution in [0.25, 0.3) is 10.9 Å². The van der Waals surface area contributed by atoms with Crippen molar-refractivity contribution in [3.8, 4) is 0 Å². The highest BCUT2D eigenvalue weighted by Gasteiger charge is 2.19. The summed E-state index contributed by atoms with van der Waals surface area (Å²) in [7, 11) is 1.29. The van der Waals surface area contributed by atoms with Crippen LogP contribution in [-0.2, 0) is 22.7 Å². The summed E-state index contributed by atoms with van der Waals surface area (Å²) in [6, 6.07) is 1.82. The zero-order valence-electron chi connectivity index (χ0n) is 9.57. The Morgan fingerprint density at radius 2 is 2.33 bits per heavy atom. The number of esters is 1. The van der Waals surface area contributed by atoms with Crippen LogP contribution in [0, 0.1) is 0 Å². The Balaban J connectivity index is 2.26. The summed E-state index contributed by atoms with van der Waals surface area (Å²) in [5.74, 6) is -0.574. The molecule has 2 aromatic rings. The fourth-order valence-electron chi connectivity index (χ4n) is 2.02. The van der Waals surface area contributed by atoms with Crippen LogP contribution >= 0.6 is 11.6 Å². The number of hydrogen-bond donors (Lipinski definition) is 0. The van der Waals surface area contributed by atoms with Crippen molar-refractivity contribution >= 4 is 28.5 Å². The zero-order chi connectivity index (χ0) is 12.7. The number of carbonyl (C=O) groups is 1. The Kier molecular flexibility index (Phi) is 2.65. The van der Waals surface area contributed by atoms with Crippen molar-refractivity contribution < 1.29 is 14.3 Å². The first-order valence-electron chi connectivity index (χ1n) is 5.33. The number of hydrogen-bond acceptors (Lipinski definition) is 5. The molecule has 0 unspecified atom stereocenters. The highest BCUT2D eigenvalue weighted by molar-refractivity contribution is 6.35. The lowest BCUT2D eigenvalue weighted by Gasteiger charge is -2.06. The van der Waals surface area contributed by atoms with E-state index in [1.165, 1.54) is 7.11 Å². The van der Waals surface area contributed by atoms with Crippen LogP contribution in [0.2, 0.25) is 5.02 Å². The van der Waals surface area contributed by atoms with Gasteiger partial charge in [-0.25, -0.2) is 14.8 Å². The molecule has 6 heteroatoms. The second-order valence-electron chi connectivity index (χ2n) is 3.94. The number of rotatable bonds is 1. The Morgan fingerprint density at radius 1 is 1.50 bits per heavy atom. The summed E-state index contributed by atoms with van der Waals surface area (Å²) in [6.45, 7) is 1.06. The van der Waals surface area contributed by atoms with Crippen molar-refractivity contribution in [1.29, 1.82) is 0 Å². The molecule has 0 saturated heterocycles. The first-order valence-corrected chi connectivity index (χ1v) is 5.71. The molecule has 1 aromatic carbocycles. The number of fused-ring (bicyclic) bond motifs is 3. The van der Waals surface area contributed by atoms with E-state index in [-0.39, 0.29) is 5.82 Å². The Morgan fingerprint density at radius 3 is 3.11 bits per heavy atom. The van der Waals surface area contributed by atoms with E-state index in [9.17, 15) is 4.79 Å². The molecule has 0 fully saturated rings. The first-order chi connectivity index (χ1) is 8.70. The summed E-state index contributed by atoms with van der Waals surface area (Å²) in [5, 5.41) is 1.31. The van der Waals surface area contributed by atoms with E-state index in [1.54, 1.807) is 6.20 Å². The third-order valence-electron chi connectivity index (χ3n) is 2.90. The van der Waals surface area contributed by atoms with E-state index < -0.39 is 5.97 Å². The molecular weight excluding hydrogens is 256 g/mol. The maximum absolute atomic E-state index is 11.4. The average molecular weight is 265 g/mol. The average Bonchev–Trinajstić information content (AvgIpc) is 2.85. The van der Waals surface area contributed by atoms with Crippen molar-refractivity contribution in [1.82, 2.24) is 9.97 Å². The Bertz CT molecular complexity index is 657. The van der Waals surface area contributed by atoms with E-state index in [1.807, 2.05) is 6.07 Å². The van der Waals surface area contributed by atoms with Crippen LogP contribution in [0.4, 0.5) is 0 Å². The van der Waals surface area contributed by atoms with Crippen LogP contribution in [0.5, 0.6) is 0 Å². The lowest BCUT2D eigenvalue weighted by atomic mass is 10.1. The van der Waals surface area contributed by atoms with E-state index in [0.717, 1.165) is 16.5 Å². The van der Waals surface area contributed by atoms with Gasteiger partial charge in [0.05, 0.1) is 30.9 Å². The van der Waals surface area contributed by atoms with Crippen LogP contribution in [0.15, 0.2) is 12.3 Å². The number of methoxy groups -OCH3 is 1. The van der Waals surface area contributed by atoms with Crippen molar-refractivity contribution in [2.75, 3.05) is 7.11 Å². The summed E-state index contributed by atoms with van der Waals surface area (Å²) < 4.78 is 9.96. The molecule has 0 N–H and O–H groups in total. The van der Waals surface area contributed by atoms with Crippen molar-refractivity contribution in [3.05, 3.63) is 34.2 Å². The van der Waals surface area contributed by atoms with Gasteiger partial charge in [0, 0.05) is 11.6 Å². The van der Waals surface area contributed by atoms with Gasteiger partial charge in [0.15, 0.2) is 0 Å². The van der Waals surface area contributed by atoms with Gasteiger partial charge in [-0.05, 0) is 17.2 Å². The third-order valence-corrected chi connectivity index (χ3v) is 3.19. The predicted octanol–water partition coefficient (Wildman–Crippen LogP) is 2.10. The molecule has 18 heavy (non-hydrogen) atoms. The van der Waals surface area contributed by atoms with Crippen LogP contribution in [0.3, 0.4) is 0 Å². The van der Waals surface area contributed by atoms with Gasteiger partial charge in [0.25, 0.3) is 0 Å². The van der Waals surface area contributed by atoms with Gasteiger partial charge in [-0.3, -0.25) is 0 Å². The number of ether oxygens (including phenoxy) is 2. The molecule has 1 aliphatic heterocycles. The minimum atomic E-state index is -0.579. The molecule has 0 spiro atoms. The number of aromatic nitrogens is 2. The molecule has 0 aliphatic carbocycles. The monoisotopic (exact) mass is 264 g/mol. The first kappa shape index (κ1) is 11.4. The minimum Gasteiger partial charge on any atom is -0.463 e. The van der Waals surface area contributed by atoms with Crippen molar-refractivity contribution in [2.24, 2.45) is 0 Å². The minimum absolute atomic E-state index is 0.00534. The molecule has 92 valence electrons. The third kappa shape index (κ3) is 1.63. The molecule has 0 radical (unpaired) electrons. The SMILES string of the molecule is COC(=O)c1ncc2c3c(cc(Cl)c2n1)COC3. The number of nitrogens with zero attached hydrogens (tertiary/aromatic N) is 2. The normalized spacial score (nSPS) is 13.7. The highest BCUT2D eigenvalue weighted by Crippen LogP contribution is 2.32. The van der Waals surface area contributed by atoms with Gasteiger partial charge in [-0.1, -0.05) is 11.6 Å². The van der Waals surface area contributed by atoms with Crippen LogP contribution in [0.1, 0.15) is 21.7 Å². The smallest absolute Gasteiger partial charge is 0.376 e. The topological polar surface area (TPSA) is 61.3 Å². The fraction of sp³-hybridized carbons (Fsp3) is 0.250. The lowest BCUT2D eigenvalue weighted by Crippen LogP contribution is -2.07. The molecule has 2 heterocycles. The number of carbonyl (C=O) groups excluding carboxylic acids is 1. The van der Waals surface area contributed by atoms with Crippen molar-refractivity contribution in [2.45, 2.75) is 13.2 Å². The second kappa shape index (κ2) is 4.19. The highest BCUT2D eigenvalue weighted by atomic mass is 35.5. The van der Waals surface area contributed by atoms with E-state index >= 15 is 0 Å². The van der Waals surface area contributed by atoms with E-state index in [2.05, 4.69) is 14.7 Å². The molecule has 5 nitrogen and oxygen atoms in total. The van der Waals surface area contributed by atoms with Gasteiger partial charge in [-0.2, -0.15) is 0 Å². The molecule has 0 amide bonds. The zero-order valence-corrected chi connectivity index (χ0v) is 10.3. The standard InChI is InChI=1S/C12H9ClN2O3/c1-17-12(16)11-14-3-7-8-5-18-4-6(8)2-9(13)10(7)15-11/h2-3H,4-5H2,1H3. The van der Waals surface area contributed by atoms with Gasteiger partial charge in [-0.15, -0.1) is 0 Å². The molecule has 0 saturated carbocycles. The summed E-state index contributed by atoms with van der Waals surface area (Å²) >= 11 is 6.16. The van der Waals surface area contributed by atoms with Crippen molar-refractivity contribution in [3.63, 3.8) is 0 Å². The van der Waals surface area contributed by atoms with Gasteiger partial charge in [0.2, 0.25) is 5.82 Å². The largest absolute Gasteiger partial charge is 0.463 e. The van der Waals surface area contributed by atoms with Crippen LogP contribution in [-0.4, -0.2) is 23.0 Å². The Hall–Kier alpha value is -1.72. The Labute approximate surface area is 108 Å². The maximum atomic E-state index is 11.4. The van der Waals surface area contributed by atoms with Gasteiger partial charge >= 0.3 is 5.97 Å². The molecule has 1 aliphatic rings. The second-order valence-corrected chi connectivity index (χ2v) is 4.34. The lowest BCUT2D eigenvalue weighted by molar-refractivity contribution is 0.0587. The van der Waals surface area contributed by atoms with Crippen LogP contribution < -0.4 is 0 Å². The maximum Gasteiger partial charge on any atom is 0.376 e. The predicted molar refractivity (Wildman–Crippen MR) is 64.4 cm³/mol. The summed E-state index contributed by atoms with van der Waals surface area (Å²) in [4.78, 5) is 19.5. The van der Waals surface area contributed by atoms with E-state index in [4.69, 9.17) is 16.3 Å². The van der Waals surface area contributed by atoms with Gasteiger partial charge < -0.3 is 9.47 Å². The van der Waals surface area contributed by atoms with Gasteiger partial charge in [0.1, 0.15) is 0 Å². The summed E-state index contributed by atoms with van der Waals surface area (Å²) in [6.07, 6.45) is 1.59.